The highest BCUT2D eigenvalue weighted by Crippen LogP contribution is 2.41. The van der Waals surface area contributed by atoms with E-state index in [1.807, 2.05) is 45.7 Å². The summed E-state index contributed by atoms with van der Waals surface area (Å²) in [4.78, 5) is 41.5. The number of phenols is 1. The van der Waals surface area contributed by atoms with E-state index in [4.69, 9.17) is 0 Å². The van der Waals surface area contributed by atoms with Gasteiger partial charge >= 0.3 is 5.69 Å². The Hall–Kier alpha value is -4.05. The molecule has 0 bridgehead atoms. The fourth-order valence-electron chi connectivity index (χ4n) is 6.20. The number of phenolic OH excluding ortho intramolecular Hbond substituents is 1. The third kappa shape index (κ3) is 5.01. The molecule has 0 aliphatic carbocycles. The number of fused-ring (bicyclic) bond motifs is 1. The van der Waals surface area contributed by atoms with Gasteiger partial charge in [0.05, 0.1) is 11.4 Å². The number of piperazine rings is 1. The number of anilines is 1. The molecule has 4 heterocycles. The number of hydrogen-bond acceptors (Lipinski definition) is 7. The van der Waals surface area contributed by atoms with E-state index >= 15 is 4.39 Å². The second-order valence-corrected chi connectivity index (χ2v) is 11.3. The van der Waals surface area contributed by atoms with Crippen molar-refractivity contribution in [2.24, 2.45) is 0 Å². The lowest BCUT2D eigenvalue weighted by molar-refractivity contribution is -0.126. The zero-order valence-corrected chi connectivity index (χ0v) is 24.3. The molecule has 3 aromatic rings. The van der Waals surface area contributed by atoms with Crippen LogP contribution in [0.25, 0.3) is 5.69 Å². The van der Waals surface area contributed by atoms with Gasteiger partial charge in [-0.05, 0) is 56.7 Å². The van der Waals surface area contributed by atoms with Crippen LogP contribution in [0.4, 0.5) is 10.2 Å². The van der Waals surface area contributed by atoms with Crippen molar-refractivity contribution in [2.45, 2.75) is 58.7 Å². The molecular formula is C31H37FN6O3. The molecule has 5 rings (SSSR count). The van der Waals surface area contributed by atoms with E-state index in [1.54, 1.807) is 15.7 Å². The Morgan fingerprint density at radius 2 is 2.00 bits per heavy atom. The summed E-state index contributed by atoms with van der Waals surface area (Å²) in [6, 6.07) is 5.58. The normalized spacial score (nSPS) is 19.4. The van der Waals surface area contributed by atoms with Crippen LogP contribution in [0.5, 0.6) is 5.75 Å². The van der Waals surface area contributed by atoms with Crippen LogP contribution in [0.3, 0.4) is 0 Å². The molecule has 2 atom stereocenters. The first kappa shape index (κ1) is 28.5. The van der Waals surface area contributed by atoms with Crippen LogP contribution >= 0.6 is 0 Å². The number of halogens is 1. The summed E-state index contributed by atoms with van der Waals surface area (Å²) < 4.78 is 16.8. The van der Waals surface area contributed by atoms with Crippen molar-refractivity contribution in [2.75, 3.05) is 31.6 Å². The molecule has 1 amide bonds. The minimum atomic E-state index is -0.511. The zero-order valence-electron chi connectivity index (χ0n) is 24.3. The summed E-state index contributed by atoms with van der Waals surface area (Å²) in [5, 5.41) is 10.7. The molecule has 2 unspecified atom stereocenters. The third-order valence-electron chi connectivity index (χ3n) is 8.28. The number of benzene rings is 1. The lowest BCUT2D eigenvalue weighted by Gasteiger charge is -2.43. The van der Waals surface area contributed by atoms with Gasteiger partial charge in [0.2, 0.25) is 5.91 Å². The minimum Gasteiger partial charge on any atom is -0.508 e. The molecule has 2 aliphatic heterocycles. The smallest absolute Gasteiger partial charge is 0.354 e. The van der Waals surface area contributed by atoms with Crippen LogP contribution in [0.2, 0.25) is 0 Å². The Balaban J connectivity index is 1.72. The van der Waals surface area contributed by atoms with Crippen LogP contribution in [-0.4, -0.2) is 68.1 Å². The highest BCUT2D eigenvalue weighted by atomic mass is 19.1. The van der Waals surface area contributed by atoms with Gasteiger partial charge < -0.3 is 14.9 Å². The highest BCUT2D eigenvalue weighted by Gasteiger charge is 2.37. The van der Waals surface area contributed by atoms with Crippen molar-refractivity contribution >= 4 is 11.7 Å². The monoisotopic (exact) mass is 560 g/mol. The number of nitrogens with zero attached hydrogens (tertiary/aromatic N) is 6. The Kier molecular flexibility index (Phi) is 7.70. The van der Waals surface area contributed by atoms with Gasteiger partial charge in [0, 0.05) is 67.7 Å². The number of rotatable bonds is 5. The quantitative estimate of drug-likeness (QED) is 0.474. The molecule has 0 saturated carbocycles. The van der Waals surface area contributed by atoms with Gasteiger partial charge in [-0.3, -0.25) is 19.2 Å². The van der Waals surface area contributed by atoms with Crippen molar-refractivity contribution in [1.29, 1.82) is 0 Å². The standard InChI is InChI=1S/C31H37FN6O3/c1-7-26(40)36-13-14-37(20(5)16-36)30-21-17-35(6)24(27-22(32)9-8-10-25(27)39)15-23(21)38(31(41)34-30)29-19(4)11-12-33-28(29)18(2)3/h7-12,18,20,24,39H,1,13-17H2,2-6H3. The first-order valence-corrected chi connectivity index (χ1v) is 14.0. The van der Waals surface area contributed by atoms with E-state index in [2.05, 4.69) is 21.4 Å². The SMILES string of the molecule is C=CC(=O)N1CCN(c2nc(=O)n(-c3c(C)ccnc3C(C)C)c3c2CN(C)C(c2c(O)cccc2F)C3)C(C)C1. The van der Waals surface area contributed by atoms with E-state index in [0.29, 0.717) is 37.7 Å². The van der Waals surface area contributed by atoms with Gasteiger partial charge in [-0.2, -0.15) is 4.98 Å². The number of aromatic hydroxyl groups is 1. The zero-order chi connectivity index (χ0) is 29.6. The Labute approximate surface area is 239 Å². The summed E-state index contributed by atoms with van der Waals surface area (Å²) in [5.41, 5.74) is 3.71. The van der Waals surface area contributed by atoms with Gasteiger partial charge in [-0.1, -0.05) is 26.5 Å². The summed E-state index contributed by atoms with van der Waals surface area (Å²) in [6.07, 6.45) is 3.34. The number of carbonyl (C=O) groups is 1. The number of likely N-dealkylation sites (N-methyl/N-ethyl adjacent to an activating group) is 1. The van der Waals surface area contributed by atoms with Gasteiger partial charge in [0.1, 0.15) is 17.4 Å². The van der Waals surface area contributed by atoms with Crippen molar-refractivity contribution in [3.63, 3.8) is 0 Å². The number of aryl methyl sites for hydroxylation is 1. The number of carbonyl (C=O) groups excluding carboxylic acids is 1. The summed E-state index contributed by atoms with van der Waals surface area (Å²) in [7, 11) is 1.89. The molecule has 0 spiro atoms. The fourth-order valence-corrected chi connectivity index (χ4v) is 6.20. The second-order valence-electron chi connectivity index (χ2n) is 11.3. The number of pyridine rings is 1. The molecular weight excluding hydrogens is 523 g/mol. The first-order chi connectivity index (χ1) is 19.5. The average Bonchev–Trinajstić information content (AvgIpc) is 2.93. The van der Waals surface area contributed by atoms with Crippen molar-refractivity contribution in [3.05, 3.63) is 87.5 Å². The lowest BCUT2D eigenvalue weighted by atomic mass is 9.91. The van der Waals surface area contributed by atoms with Crippen molar-refractivity contribution < 1.29 is 14.3 Å². The summed E-state index contributed by atoms with van der Waals surface area (Å²) in [6.45, 7) is 13.5. The topological polar surface area (TPSA) is 94.8 Å². The van der Waals surface area contributed by atoms with Crippen LogP contribution in [0.15, 0.2) is 47.9 Å². The molecule has 1 N–H and O–H groups in total. The molecule has 1 aromatic carbocycles. The average molecular weight is 561 g/mol. The second kappa shape index (κ2) is 11.1. The van der Waals surface area contributed by atoms with Gasteiger partial charge in [-0.25, -0.2) is 9.18 Å². The Bertz CT molecular complexity index is 1550. The van der Waals surface area contributed by atoms with Gasteiger partial charge in [0.15, 0.2) is 0 Å². The minimum absolute atomic E-state index is 0.0419. The Morgan fingerprint density at radius 3 is 2.66 bits per heavy atom. The molecule has 10 heteroatoms. The van der Waals surface area contributed by atoms with Crippen molar-refractivity contribution in [3.8, 4) is 11.4 Å². The van der Waals surface area contributed by atoms with Crippen molar-refractivity contribution in [1.82, 2.24) is 24.3 Å². The van der Waals surface area contributed by atoms with Crippen LogP contribution < -0.4 is 10.6 Å². The molecule has 41 heavy (non-hydrogen) atoms. The van der Waals surface area contributed by atoms with E-state index in [9.17, 15) is 14.7 Å². The number of amides is 1. The van der Waals surface area contributed by atoms with E-state index in [1.165, 1.54) is 24.3 Å². The molecule has 9 nitrogen and oxygen atoms in total. The van der Waals surface area contributed by atoms with E-state index in [0.717, 1.165) is 22.5 Å². The van der Waals surface area contributed by atoms with Gasteiger partial charge in [0.25, 0.3) is 0 Å². The third-order valence-corrected chi connectivity index (χ3v) is 8.28. The number of aromatic nitrogens is 3. The van der Waals surface area contributed by atoms with E-state index in [-0.39, 0.29) is 35.6 Å². The molecule has 0 radical (unpaired) electrons. The summed E-state index contributed by atoms with van der Waals surface area (Å²) in [5.74, 6) is -0.117. The van der Waals surface area contributed by atoms with Crippen LogP contribution in [0, 0.1) is 12.7 Å². The van der Waals surface area contributed by atoms with E-state index < -0.39 is 17.5 Å². The maximum absolute atomic E-state index is 15.1. The molecule has 2 aliphatic rings. The predicted molar refractivity (Wildman–Crippen MR) is 156 cm³/mol. The summed E-state index contributed by atoms with van der Waals surface area (Å²) >= 11 is 0. The lowest BCUT2D eigenvalue weighted by Crippen LogP contribution is -2.54. The molecule has 2 aromatic heterocycles. The largest absolute Gasteiger partial charge is 0.508 e. The van der Waals surface area contributed by atoms with Gasteiger partial charge in [-0.15, -0.1) is 0 Å². The maximum atomic E-state index is 15.1. The molecule has 1 saturated heterocycles. The predicted octanol–water partition coefficient (Wildman–Crippen LogP) is 3.86. The highest BCUT2D eigenvalue weighted by molar-refractivity contribution is 5.87. The maximum Gasteiger partial charge on any atom is 0.354 e. The van der Waals surface area contributed by atoms with Crippen LogP contribution in [0.1, 0.15) is 60.8 Å². The first-order valence-electron chi connectivity index (χ1n) is 14.0. The van der Waals surface area contributed by atoms with Crippen LogP contribution in [-0.2, 0) is 17.8 Å². The number of hydrogen-bond donors (Lipinski definition) is 1. The molecule has 216 valence electrons. The Morgan fingerprint density at radius 1 is 1.24 bits per heavy atom. The molecule has 1 fully saturated rings. The fraction of sp³-hybridized carbons (Fsp3) is 0.419.